The predicted molar refractivity (Wildman–Crippen MR) is 104 cm³/mol. The third-order valence-electron chi connectivity index (χ3n) is 4.29. The van der Waals surface area contributed by atoms with Gasteiger partial charge in [0, 0.05) is 26.2 Å². The maximum atomic E-state index is 12.7. The summed E-state index contributed by atoms with van der Waals surface area (Å²) in [5.74, 6) is 0.0927. The number of rotatable bonds is 2. The van der Waals surface area contributed by atoms with E-state index in [0.29, 0.717) is 18.1 Å². The van der Waals surface area contributed by atoms with E-state index in [1.807, 2.05) is 36.9 Å². The standard InChI is InChI=1S/C17H17ClN4OS2/c1-10-15(24-11(2)19-10)16(23)21-6-8-22(9-7-21)17-20-14-12(18)4-3-5-13(14)25-17/h3-5H,6-9H2,1-2H3. The minimum absolute atomic E-state index is 0.0927. The molecule has 0 unspecified atom stereocenters. The van der Waals surface area contributed by atoms with Gasteiger partial charge in [-0.15, -0.1) is 11.3 Å². The molecule has 0 saturated carbocycles. The Labute approximate surface area is 158 Å². The monoisotopic (exact) mass is 392 g/mol. The van der Waals surface area contributed by atoms with Crippen LogP contribution in [0, 0.1) is 13.8 Å². The van der Waals surface area contributed by atoms with Crippen molar-refractivity contribution < 1.29 is 4.79 Å². The van der Waals surface area contributed by atoms with Gasteiger partial charge in [-0.2, -0.15) is 0 Å². The molecule has 1 fully saturated rings. The molecule has 0 atom stereocenters. The number of fused-ring (bicyclic) bond motifs is 1. The normalized spacial score (nSPS) is 15.2. The molecule has 0 bridgehead atoms. The van der Waals surface area contributed by atoms with Gasteiger partial charge in [0.2, 0.25) is 0 Å². The summed E-state index contributed by atoms with van der Waals surface area (Å²) in [5, 5.41) is 2.59. The van der Waals surface area contributed by atoms with E-state index in [1.165, 1.54) is 11.3 Å². The van der Waals surface area contributed by atoms with Crippen LogP contribution in [0.15, 0.2) is 18.2 Å². The molecule has 1 amide bonds. The summed E-state index contributed by atoms with van der Waals surface area (Å²) in [6.45, 7) is 6.78. The van der Waals surface area contributed by atoms with Crippen LogP contribution in [0.1, 0.15) is 20.4 Å². The Kier molecular flexibility index (Phi) is 4.39. The smallest absolute Gasteiger partial charge is 0.265 e. The highest BCUT2D eigenvalue weighted by Crippen LogP contribution is 2.33. The molecule has 0 spiro atoms. The number of amides is 1. The molecule has 4 rings (SSSR count). The lowest BCUT2D eigenvalue weighted by molar-refractivity contribution is 0.0750. The van der Waals surface area contributed by atoms with E-state index in [9.17, 15) is 4.79 Å². The van der Waals surface area contributed by atoms with Crippen LogP contribution in [-0.2, 0) is 0 Å². The number of carbonyl (C=O) groups is 1. The number of para-hydroxylation sites is 1. The Morgan fingerprint density at radius 3 is 2.52 bits per heavy atom. The van der Waals surface area contributed by atoms with Gasteiger partial charge in [-0.25, -0.2) is 9.97 Å². The van der Waals surface area contributed by atoms with Gasteiger partial charge >= 0.3 is 0 Å². The first kappa shape index (κ1) is 16.8. The van der Waals surface area contributed by atoms with Gasteiger partial charge in [0.15, 0.2) is 5.13 Å². The SMILES string of the molecule is Cc1nc(C)c(C(=O)N2CCN(c3nc4c(Cl)cccc4s3)CC2)s1. The van der Waals surface area contributed by atoms with Crippen LogP contribution in [-0.4, -0.2) is 47.0 Å². The summed E-state index contributed by atoms with van der Waals surface area (Å²) in [6.07, 6.45) is 0. The lowest BCUT2D eigenvalue weighted by Gasteiger charge is -2.34. The number of hydrogen-bond donors (Lipinski definition) is 0. The molecule has 3 heterocycles. The van der Waals surface area contributed by atoms with Crippen molar-refractivity contribution in [2.75, 3.05) is 31.1 Å². The Hall–Kier alpha value is -1.70. The summed E-state index contributed by atoms with van der Waals surface area (Å²) in [7, 11) is 0. The molecule has 1 saturated heterocycles. The van der Waals surface area contributed by atoms with Crippen molar-refractivity contribution in [2.24, 2.45) is 0 Å². The molecule has 1 aliphatic heterocycles. The third kappa shape index (κ3) is 3.12. The molecule has 8 heteroatoms. The van der Waals surface area contributed by atoms with E-state index in [4.69, 9.17) is 11.6 Å². The minimum atomic E-state index is 0.0927. The maximum absolute atomic E-state index is 12.7. The fourth-order valence-corrected chi connectivity index (χ4v) is 5.22. The zero-order chi connectivity index (χ0) is 17.6. The van der Waals surface area contributed by atoms with Crippen molar-refractivity contribution in [3.8, 4) is 0 Å². The molecule has 1 aromatic carbocycles. The first-order valence-electron chi connectivity index (χ1n) is 8.06. The van der Waals surface area contributed by atoms with Gasteiger partial charge in [-0.1, -0.05) is 29.0 Å². The summed E-state index contributed by atoms with van der Waals surface area (Å²) in [5.41, 5.74) is 1.69. The number of piperazine rings is 1. The molecule has 130 valence electrons. The summed E-state index contributed by atoms with van der Waals surface area (Å²) >= 11 is 9.35. The van der Waals surface area contributed by atoms with Crippen LogP contribution in [0.4, 0.5) is 5.13 Å². The van der Waals surface area contributed by atoms with E-state index in [-0.39, 0.29) is 5.91 Å². The quantitative estimate of drug-likeness (QED) is 0.661. The fraction of sp³-hybridized carbons (Fsp3) is 0.353. The lowest BCUT2D eigenvalue weighted by atomic mass is 10.3. The second-order valence-corrected chi connectivity index (χ2v) is 8.63. The van der Waals surface area contributed by atoms with Crippen molar-refractivity contribution in [3.63, 3.8) is 0 Å². The van der Waals surface area contributed by atoms with Crippen molar-refractivity contribution in [2.45, 2.75) is 13.8 Å². The van der Waals surface area contributed by atoms with E-state index < -0.39 is 0 Å². The van der Waals surface area contributed by atoms with E-state index >= 15 is 0 Å². The Morgan fingerprint density at radius 2 is 1.88 bits per heavy atom. The van der Waals surface area contributed by atoms with E-state index in [0.717, 1.165) is 44.0 Å². The van der Waals surface area contributed by atoms with Crippen molar-refractivity contribution in [3.05, 3.63) is 38.8 Å². The minimum Gasteiger partial charge on any atom is -0.345 e. The Bertz CT molecular complexity index is 943. The highest BCUT2D eigenvalue weighted by atomic mass is 35.5. The average molecular weight is 393 g/mol. The van der Waals surface area contributed by atoms with Crippen LogP contribution < -0.4 is 4.90 Å². The zero-order valence-electron chi connectivity index (χ0n) is 14.0. The van der Waals surface area contributed by atoms with Crippen molar-refractivity contribution >= 4 is 55.5 Å². The number of anilines is 1. The second-order valence-electron chi connectivity index (χ2n) is 6.01. The number of aryl methyl sites for hydroxylation is 2. The third-order valence-corrected chi connectivity index (χ3v) is 6.74. The fourth-order valence-electron chi connectivity index (χ4n) is 3.01. The highest BCUT2D eigenvalue weighted by molar-refractivity contribution is 7.22. The van der Waals surface area contributed by atoms with Gasteiger partial charge < -0.3 is 9.80 Å². The molecule has 0 radical (unpaired) electrons. The molecule has 0 N–H and O–H groups in total. The average Bonchev–Trinajstić information content (AvgIpc) is 3.18. The number of benzene rings is 1. The number of carbonyl (C=O) groups excluding carboxylic acids is 1. The molecule has 3 aromatic rings. The lowest BCUT2D eigenvalue weighted by Crippen LogP contribution is -2.48. The van der Waals surface area contributed by atoms with Gasteiger partial charge in [0.05, 0.1) is 20.4 Å². The van der Waals surface area contributed by atoms with Crippen LogP contribution >= 0.6 is 34.3 Å². The topological polar surface area (TPSA) is 49.3 Å². The first-order valence-corrected chi connectivity index (χ1v) is 10.1. The molecule has 0 aliphatic carbocycles. The molecule has 5 nitrogen and oxygen atoms in total. The summed E-state index contributed by atoms with van der Waals surface area (Å²) in [6, 6.07) is 5.85. The number of aromatic nitrogens is 2. The number of thiazole rings is 2. The van der Waals surface area contributed by atoms with Crippen LogP contribution in [0.25, 0.3) is 10.2 Å². The van der Waals surface area contributed by atoms with Gasteiger partial charge in [-0.05, 0) is 26.0 Å². The van der Waals surface area contributed by atoms with Crippen LogP contribution in [0.2, 0.25) is 5.02 Å². The second kappa shape index (κ2) is 6.55. The summed E-state index contributed by atoms with van der Waals surface area (Å²) in [4.78, 5) is 26.7. The predicted octanol–water partition coefficient (Wildman–Crippen LogP) is 3.99. The molecule has 1 aliphatic rings. The highest BCUT2D eigenvalue weighted by Gasteiger charge is 2.26. The van der Waals surface area contributed by atoms with E-state index in [2.05, 4.69) is 14.9 Å². The van der Waals surface area contributed by atoms with Gasteiger partial charge in [-0.3, -0.25) is 4.79 Å². The number of hydrogen-bond acceptors (Lipinski definition) is 6. The molecular weight excluding hydrogens is 376 g/mol. The van der Waals surface area contributed by atoms with Gasteiger partial charge in [0.1, 0.15) is 10.4 Å². The summed E-state index contributed by atoms with van der Waals surface area (Å²) < 4.78 is 1.09. The van der Waals surface area contributed by atoms with Crippen LogP contribution in [0.5, 0.6) is 0 Å². The molecular formula is C17H17ClN4OS2. The Morgan fingerprint density at radius 1 is 1.12 bits per heavy atom. The largest absolute Gasteiger partial charge is 0.345 e. The first-order chi connectivity index (χ1) is 12.0. The maximum Gasteiger partial charge on any atom is 0.265 e. The van der Waals surface area contributed by atoms with Crippen molar-refractivity contribution in [1.82, 2.24) is 14.9 Å². The molecule has 2 aromatic heterocycles. The number of halogens is 1. The van der Waals surface area contributed by atoms with Crippen molar-refractivity contribution in [1.29, 1.82) is 0 Å². The number of nitrogens with zero attached hydrogens (tertiary/aromatic N) is 4. The van der Waals surface area contributed by atoms with E-state index in [1.54, 1.807) is 11.3 Å². The van der Waals surface area contributed by atoms with Crippen LogP contribution in [0.3, 0.4) is 0 Å². The van der Waals surface area contributed by atoms with Gasteiger partial charge in [0.25, 0.3) is 5.91 Å². The molecule has 25 heavy (non-hydrogen) atoms. The zero-order valence-corrected chi connectivity index (χ0v) is 16.3. The Balaban J connectivity index is 1.48.